The maximum Gasteiger partial charge on any atom is 0.337 e. The molecule has 0 radical (unpaired) electrons. The summed E-state index contributed by atoms with van der Waals surface area (Å²) in [5, 5.41) is 2.81. The molecule has 2 amide bonds. The van der Waals surface area contributed by atoms with Crippen LogP contribution in [0.25, 0.3) is 0 Å². The molecule has 1 N–H and O–H groups in total. The number of benzene rings is 2. The maximum atomic E-state index is 12.5. The number of halogens is 1. The number of nitrogens with zero attached hydrogens (tertiary/aromatic N) is 1. The van der Waals surface area contributed by atoms with Crippen LogP contribution >= 0.6 is 11.6 Å². The van der Waals surface area contributed by atoms with Gasteiger partial charge in [0.25, 0.3) is 15.9 Å². The predicted molar refractivity (Wildman–Crippen MR) is 105 cm³/mol. The molecule has 0 spiro atoms. The topological polar surface area (TPSA) is 110 Å². The summed E-state index contributed by atoms with van der Waals surface area (Å²) >= 11 is 6.03. The molecule has 10 heteroatoms. The van der Waals surface area contributed by atoms with Crippen molar-refractivity contribution in [3.63, 3.8) is 0 Å². The second-order valence-corrected chi connectivity index (χ2v) is 8.45. The van der Waals surface area contributed by atoms with Crippen molar-refractivity contribution in [3.8, 4) is 0 Å². The van der Waals surface area contributed by atoms with Crippen LogP contribution in [0.3, 0.4) is 0 Å². The molecule has 0 aromatic heterocycles. The van der Waals surface area contributed by atoms with Crippen LogP contribution in [-0.2, 0) is 19.6 Å². The van der Waals surface area contributed by atoms with E-state index in [4.69, 9.17) is 11.6 Å². The zero-order chi connectivity index (χ0) is 21.2. The number of ether oxygens (including phenoxy) is 1. The third-order valence-electron chi connectivity index (χ3n) is 4.34. The molecule has 0 saturated heterocycles. The van der Waals surface area contributed by atoms with Gasteiger partial charge in [0.2, 0.25) is 5.91 Å². The summed E-state index contributed by atoms with van der Waals surface area (Å²) in [4.78, 5) is 36.1. The lowest BCUT2D eigenvalue weighted by Crippen LogP contribution is -2.31. The second kappa shape index (κ2) is 8.22. The van der Waals surface area contributed by atoms with Gasteiger partial charge < -0.3 is 10.1 Å². The maximum absolute atomic E-state index is 12.5. The zero-order valence-electron chi connectivity index (χ0n) is 15.3. The van der Waals surface area contributed by atoms with E-state index in [-0.39, 0.29) is 46.1 Å². The Kier molecular flexibility index (Phi) is 5.90. The van der Waals surface area contributed by atoms with Gasteiger partial charge in [0.15, 0.2) is 0 Å². The number of methoxy groups -OCH3 is 1. The number of rotatable bonds is 6. The summed E-state index contributed by atoms with van der Waals surface area (Å²) in [6.45, 7) is -0.126. The highest BCUT2D eigenvalue weighted by Gasteiger charge is 2.40. The number of carbonyl (C=O) groups is 3. The first-order valence-electron chi connectivity index (χ1n) is 8.59. The number of hydrogen-bond donors (Lipinski definition) is 1. The van der Waals surface area contributed by atoms with Crippen LogP contribution < -0.4 is 5.32 Å². The summed E-state index contributed by atoms with van der Waals surface area (Å²) in [7, 11) is -2.66. The van der Waals surface area contributed by atoms with Crippen molar-refractivity contribution >= 4 is 45.1 Å². The standard InChI is InChI=1S/C19H17ClN2O6S/c1-28-19(25)12-8-9-14(20)15(11-12)21-17(23)7-4-10-22-18(24)13-5-2-3-6-16(13)29(22,26)27/h2-3,5-6,8-9,11H,4,7,10H2,1H3,(H,21,23). The van der Waals surface area contributed by atoms with Crippen LogP contribution in [0, 0.1) is 0 Å². The van der Waals surface area contributed by atoms with E-state index in [0.717, 1.165) is 4.31 Å². The van der Waals surface area contributed by atoms with Gasteiger partial charge in [-0.15, -0.1) is 0 Å². The minimum Gasteiger partial charge on any atom is -0.465 e. The fourth-order valence-corrected chi connectivity index (χ4v) is 4.69. The molecule has 3 rings (SSSR count). The average Bonchev–Trinajstić information content (AvgIpc) is 2.90. The quantitative estimate of drug-likeness (QED) is 0.697. The highest BCUT2D eigenvalue weighted by molar-refractivity contribution is 7.90. The Hall–Kier alpha value is -2.91. The predicted octanol–water partition coefficient (Wildman–Crippen LogP) is 2.69. The first-order valence-corrected chi connectivity index (χ1v) is 10.4. The van der Waals surface area contributed by atoms with E-state index in [1.54, 1.807) is 12.1 Å². The molecule has 0 saturated carbocycles. The van der Waals surface area contributed by atoms with Crippen molar-refractivity contribution in [3.05, 3.63) is 58.6 Å². The summed E-state index contributed by atoms with van der Waals surface area (Å²) in [5.74, 6) is -1.61. The summed E-state index contributed by atoms with van der Waals surface area (Å²) in [6, 6.07) is 10.3. The van der Waals surface area contributed by atoms with Crippen LogP contribution in [0.1, 0.15) is 33.6 Å². The Labute approximate surface area is 172 Å². The normalized spacial score (nSPS) is 14.4. The van der Waals surface area contributed by atoms with Crippen LogP contribution in [0.2, 0.25) is 5.02 Å². The molecule has 0 fully saturated rings. The summed E-state index contributed by atoms with van der Waals surface area (Å²) in [5.41, 5.74) is 0.582. The van der Waals surface area contributed by atoms with Crippen molar-refractivity contribution in [2.75, 3.05) is 19.0 Å². The number of sulfonamides is 1. The summed E-state index contributed by atoms with van der Waals surface area (Å²) in [6.07, 6.45) is 0.0769. The fourth-order valence-electron chi connectivity index (χ4n) is 2.91. The van der Waals surface area contributed by atoms with Crippen LogP contribution in [0.15, 0.2) is 47.4 Å². The van der Waals surface area contributed by atoms with Gasteiger partial charge in [-0.3, -0.25) is 9.59 Å². The molecule has 1 aliphatic rings. The van der Waals surface area contributed by atoms with Crippen LogP contribution in [0.4, 0.5) is 5.69 Å². The molecule has 0 unspecified atom stereocenters. The Bertz CT molecular complexity index is 1100. The van der Waals surface area contributed by atoms with Gasteiger partial charge >= 0.3 is 5.97 Å². The van der Waals surface area contributed by atoms with Gasteiger partial charge in [0, 0.05) is 13.0 Å². The Balaban J connectivity index is 1.62. The lowest BCUT2D eigenvalue weighted by molar-refractivity contribution is -0.116. The molecular weight excluding hydrogens is 420 g/mol. The van der Waals surface area contributed by atoms with Gasteiger partial charge in [-0.2, -0.15) is 0 Å². The van der Waals surface area contributed by atoms with E-state index >= 15 is 0 Å². The highest BCUT2D eigenvalue weighted by Crippen LogP contribution is 2.30. The Morgan fingerprint density at radius 1 is 1.17 bits per heavy atom. The fraction of sp³-hybridized carbons (Fsp3) is 0.211. The van der Waals surface area contributed by atoms with E-state index in [9.17, 15) is 22.8 Å². The largest absolute Gasteiger partial charge is 0.465 e. The second-order valence-electron chi connectivity index (χ2n) is 6.22. The first-order chi connectivity index (χ1) is 13.8. The van der Waals surface area contributed by atoms with Gasteiger partial charge in [-0.25, -0.2) is 17.5 Å². The highest BCUT2D eigenvalue weighted by atomic mass is 35.5. The molecule has 1 heterocycles. The molecular formula is C19H17ClN2O6S. The van der Waals surface area contributed by atoms with E-state index in [1.165, 1.54) is 37.4 Å². The number of carbonyl (C=O) groups excluding carboxylic acids is 3. The number of hydrogen-bond acceptors (Lipinski definition) is 6. The minimum atomic E-state index is -3.90. The molecule has 8 nitrogen and oxygen atoms in total. The smallest absolute Gasteiger partial charge is 0.337 e. The molecule has 0 bridgehead atoms. The van der Waals surface area contributed by atoms with Crippen LogP contribution in [0.5, 0.6) is 0 Å². The molecule has 1 aliphatic heterocycles. The molecule has 29 heavy (non-hydrogen) atoms. The average molecular weight is 437 g/mol. The molecule has 152 valence electrons. The van der Waals surface area contributed by atoms with E-state index < -0.39 is 27.8 Å². The van der Waals surface area contributed by atoms with Crippen molar-refractivity contribution in [1.82, 2.24) is 4.31 Å². The summed E-state index contributed by atoms with van der Waals surface area (Å²) < 4.78 is 30.4. The number of anilines is 1. The lowest BCUT2D eigenvalue weighted by atomic mass is 10.2. The lowest BCUT2D eigenvalue weighted by Gasteiger charge is -2.15. The molecule has 2 aromatic carbocycles. The van der Waals surface area contributed by atoms with Crippen molar-refractivity contribution in [1.29, 1.82) is 0 Å². The van der Waals surface area contributed by atoms with Gasteiger partial charge in [0.05, 0.1) is 28.9 Å². The number of fused-ring (bicyclic) bond motifs is 1. The van der Waals surface area contributed by atoms with Crippen molar-refractivity contribution in [2.24, 2.45) is 0 Å². The van der Waals surface area contributed by atoms with E-state index in [0.29, 0.717) is 0 Å². The molecule has 0 atom stereocenters. The van der Waals surface area contributed by atoms with Gasteiger partial charge in [0.1, 0.15) is 4.90 Å². The van der Waals surface area contributed by atoms with Crippen molar-refractivity contribution in [2.45, 2.75) is 17.7 Å². The van der Waals surface area contributed by atoms with Gasteiger partial charge in [-0.1, -0.05) is 23.7 Å². The zero-order valence-corrected chi connectivity index (χ0v) is 16.9. The third kappa shape index (κ3) is 4.10. The number of amides is 2. The Morgan fingerprint density at radius 2 is 1.90 bits per heavy atom. The monoisotopic (exact) mass is 436 g/mol. The van der Waals surface area contributed by atoms with Gasteiger partial charge in [-0.05, 0) is 36.8 Å². The molecule has 2 aromatic rings. The van der Waals surface area contributed by atoms with E-state index in [2.05, 4.69) is 10.1 Å². The number of nitrogens with one attached hydrogen (secondary N) is 1. The van der Waals surface area contributed by atoms with E-state index in [1.807, 2.05) is 0 Å². The van der Waals surface area contributed by atoms with Crippen molar-refractivity contribution < 1.29 is 27.5 Å². The first kappa shape index (κ1) is 20.8. The van der Waals surface area contributed by atoms with Crippen LogP contribution in [-0.4, -0.2) is 44.2 Å². The Morgan fingerprint density at radius 3 is 2.59 bits per heavy atom. The molecule has 0 aliphatic carbocycles. The number of esters is 1. The third-order valence-corrected chi connectivity index (χ3v) is 6.51. The SMILES string of the molecule is COC(=O)c1ccc(Cl)c(NC(=O)CCCN2C(=O)c3ccccc3S2(=O)=O)c1. The minimum absolute atomic E-state index is 0.0270.